The maximum absolute atomic E-state index is 12.1. The molecule has 22 heavy (non-hydrogen) atoms. The van der Waals surface area contributed by atoms with Crippen molar-refractivity contribution in [3.8, 4) is 0 Å². The van der Waals surface area contributed by atoms with Gasteiger partial charge in [0.25, 0.3) is 0 Å². The van der Waals surface area contributed by atoms with Crippen LogP contribution in [0, 0.1) is 0 Å². The molecule has 0 saturated carbocycles. The van der Waals surface area contributed by atoms with Gasteiger partial charge in [0.15, 0.2) is 0 Å². The number of hydrogen-bond donors (Lipinski definition) is 1. The van der Waals surface area contributed by atoms with Crippen molar-refractivity contribution in [2.24, 2.45) is 0 Å². The van der Waals surface area contributed by atoms with Gasteiger partial charge >= 0.3 is 6.09 Å². The molecule has 1 amide bonds. The molecule has 0 bridgehead atoms. The molecule has 2 fully saturated rings. The fourth-order valence-electron chi connectivity index (χ4n) is 3.20. The summed E-state index contributed by atoms with van der Waals surface area (Å²) in [6.45, 7) is 10.4. The highest BCUT2D eigenvalue weighted by Crippen LogP contribution is 2.20. The molecular weight excluding hydrogens is 280 g/mol. The second kappa shape index (κ2) is 7.64. The molecular formula is C17H32N2O3. The van der Waals surface area contributed by atoms with E-state index in [2.05, 4.69) is 12.2 Å². The molecule has 0 aromatic rings. The summed E-state index contributed by atoms with van der Waals surface area (Å²) in [5.74, 6) is 0. The largest absolute Gasteiger partial charge is 0.444 e. The Hall–Kier alpha value is -0.810. The number of nitrogens with zero attached hydrogens (tertiary/aromatic N) is 1. The van der Waals surface area contributed by atoms with Crippen LogP contribution in [0.3, 0.4) is 0 Å². The number of likely N-dealkylation sites (tertiary alicyclic amines) is 1. The lowest BCUT2D eigenvalue weighted by atomic mass is 9.98. The van der Waals surface area contributed by atoms with E-state index in [1.54, 1.807) is 0 Å². The molecule has 128 valence electrons. The maximum Gasteiger partial charge on any atom is 0.410 e. The number of piperidine rings is 1. The van der Waals surface area contributed by atoms with Crippen molar-refractivity contribution in [3.05, 3.63) is 0 Å². The van der Waals surface area contributed by atoms with E-state index in [9.17, 15) is 4.79 Å². The minimum absolute atomic E-state index is 0.178. The smallest absolute Gasteiger partial charge is 0.410 e. The van der Waals surface area contributed by atoms with Gasteiger partial charge in [0.2, 0.25) is 0 Å². The number of ether oxygens (including phenoxy) is 2. The van der Waals surface area contributed by atoms with Crippen LogP contribution in [0.2, 0.25) is 0 Å². The highest BCUT2D eigenvalue weighted by atomic mass is 16.6. The topological polar surface area (TPSA) is 50.8 Å². The van der Waals surface area contributed by atoms with Gasteiger partial charge in [-0.3, -0.25) is 0 Å². The molecule has 0 aromatic carbocycles. The van der Waals surface area contributed by atoms with Crippen LogP contribution in [-0.4, -0.2) is 54.5 Å². The van der Waals surface area contributed by atoms with Crippen LogP contribution >= 0.6 is 0 Å². The Labute approximate surface area is 134 Å². The molecule has 0 aliphatic carbocycles. The van der Waals surface area contributed by atoms with Crippen LogP contribution in [0.15, 0.2) is 0 Å². The third-order valence-corrected chi connectivity index (χ3v) is 4.44. The first-order valence-corrected chi connectivity index (χ1v) is 8.73. The van der Waals surface area contributed by atoms with Gasteiger partial charge < -0.3 is 19.7 Å². The summed E-state index contributed by atoms with van der Waals surface area (Å²) in [4.78, 5) is 13.9. The zero-order chi connectivity index (χ0) is 16.2. The molecule has 2 aliphatic heterocycles. The summed E-state index contributed by atoms with van der Waals surface area (Å²) in [6, 6.07) is 1.08. The van der Waals surface area contributed by atoms with Gasteiger partial charge in [-0.05, 0) is 52.9 Å². The van der Waals surface area contributed by atoms with Crippen molar-refractivity contribution in [1.82, 2.24) is 10.2 Å². The molecule has 0 aromatic heterocycles. The minimum Gasteiger partial charge on any atom is -0.444 e. The molecule has 2 saturated heterocycles. The predicted molar refractivity (Wildman–Crippen MR) is 87.0 cm³/mol. The Morgan fingerprint density at radius 2 is 1.91 bits per heavy atom. The van der Waals surface area contributed by atoms with E-state index >= 15 is 0 Å². The van der Waals surface area contributed by atoms with Gasteiger partial charge in [-0.2, -0.15) is 0 Å². The van der Waals surface area contributed by atoms with E-state index in [0.29, 0.717) is 18.2 Å². The highest BCUT2D eigenvalue weighted by Gasteiger charge is 2.29. The predicted octanol–water partition coefficient (Wildman–Crippen LogP) is 2.93. The van der Waals surface area contributed by atoms with Crippen molar-refractivity contribution < 1.29 is 14.3 Å². The Balaban J connectivity index is 1.72. The van der Waals surface area contributed by atoms with Crippen molar-refractivity contribution in [1.29, 1.82) is 0 Å². The second-order valence-electron chi connectivity index (χ2n) is 7.53. The van der Waals surface area contributed by atoms with E-state index < -0.39 is 5.60 Å². The quantitative estimate of drug-likeness (QED) is 0.870. The second-order valence-corrected chi connectivity index (χ2v) is 7.53. The monoisotopic (exact) mass is 312 g/mol. The number of carbonyl (C=O) groups excluding carboxylic acids is 1. The average Bonchev–Trinajstić information content (AvgIpc) is 2.46. The summed E-state index contributed by atoms with van der Waals surface area (Å²) < 4.78 is 11.2. The van der Waals surface area contributed by atoms with E-state index in [4.69, 9.17) is 9.47 Å². The van der Waals surface area contributed by atoms with Crippen LogP contribution in [0.25, 0.3) is 0 Å². The zero-order valence-electron chi connectivity index (χ0n) is 14.6. The van der Waals surface area contributed by atoms with Gasteiger partial charge in [-0.25, -0.2) is 4.79 Å². The number of hydrogen-bond acceptors (Lipinski definition) is 4. The third-order valence-electron chi connectivity index (χ3n) is 4.44. The molecule has 2 heterocycles. The lowest BCUT2D eigenvalue weighted by Crippen LogP contribution is -2.50. The normalized spacial score (nSPS) is 27.7. The lowest BCUT2D eigenvalue weighted by molar-refractivity contribution is -0.00463. The van der Waals surface area contributed by atoms with Gasteiger partial charge in [0.05, 0.1) is 6.10 Å². The number of nitrogens with one attached hydrogen (secondary N) is 1. The number of amides is 1. The molecule has 2 rings (SSSR count). The summed E-state index contributed by atoms with van der Waals surface area (Å²) in [5, 5.41) is 3.77. The van der Waals surface area contributed by atoms with E-state index in [1.165, 1.54) is 0 Å². The molecule has 5 heteroatoms. The Bertz CT molecular complexity index is 359. The molecule has 5 nitrogen and oxygen atoms in total. The first-order chi connectivity index (χ1) is 10.4. The van der Waals surface area contributed by atoms with Gasteiger partial charge in [-0.15, -0.1) is 0 Å². The van der Waals surface area contributed by atoms with Gasteiger partial charge in [0.1, 0.15) is 5.60 Å². The van der Waals surface area contributed by atoms with Crippen LogP contribution in [0.1, 0.15) is 59.8 Å². The Morgan fingerprint density at radius 3 is 2.50 bits per heavy atom. The van der Waals surface area contributed by atoms with Gasteiger partial charge in [0, 0.05) is 31.8 Å². The van der Waals surface area contributed by atoms with Crippen molar-refractivity contribution >= 4 is 6.09 Å². The van der Waals surface area contributed by atoms with E-state index in [1.807, 2.05) is 25.7 Å². The molecule has 2 unspecified atom stereocenters. The summed E-state index contributed by atoms with van der Waals surface area (Å²) >= 11 is 0. The first-order valence-electron chi connectivity index (χ1n) is 8.73. The SMILES string of the molecule is CCC1CC(NC2CCN(C(=O)OC(C)(C)C)CC2)CCO1. The van der Waals surface area contributed by atoms with Crippen molar-refractivity contribution in [2.75, 3.05) is 19.7 Å². The minimum atomic E-state index is -0.413. The molecule has 0 radical (unpaired) electrons. The fourth-order valence-corrected chi connectivity index (χ4v) is 3.20. The van der Waals surface area contributed by atoms with E-state index in [-0.39, 0.29) is 6.09 Å². The zero-order valence-corrected chi connectivity index (χ0v) is 14.6. The standard InChI is InChI=1S/C17H32N2O3/c1-5-15-12-14(8-11-21-15)18-13-6-9-19(10-7-13)16(20)22-17(2,3)4/h13-15,18H,5-12H2,1-4H3. The Kier molecular flexibility index (Phi) is 6.09. The molecule has 2 atom stereocenters. The first kappa shape index (κ1) is 17.5. The number of rotatable bonds is 3. The number of carbonyl (C=O) groups is 1. The average molecular weight is 312 g/mol. The summed E-state index contributed by atoms with van der Waals surface area (Å²) in [7, 11) is 0. The molecule has 2 aliphatic rings. The maximum atomic E-state index is 12.1. The van der Waals surface area contributed by atoms with Gasteiger partial charge in [-0.1, -0.05) is 6.92 Å². The fraction of sp³-hybridized carbons (Fsp3) is 0.941. The lowest BCUT2D eigenvalue weighted by Gasteiger charge is -2.37. The van der Waals surface area contributed by atoms with Crippen molar-refractivity contribution in [3.63, 3.8) is 0 Å². The highest BCUT2D eigenvalue weighted by molar-refractivity contribution is 5.68. The van der Waals surface area contributed by atoms with Crippen LogP contribution in [-0.2, 0) is 9.47 Å². The summed E-state index contributed by atoms with van der Waals surface area (Å²) in [5.41, 5.74) is -0.413. The summed E-state index contributed by atoms with van der Waals surface area (Å²) in [6.07, 6.45) is 5.55. The van der Waals surface area contributed by atoms with Crippen LogP contribution in [0.5, 0.6) is 0 Å². The molecule has 1 N–H and O–H groups in total. The van der Waals surface area contributed by atoms with E-state index in [0.717, 1.165) is 51.8 Å². The third kappa shape index (κ3) is 5.43. The van der Waals surface area contributed by atoms with Crippen LogP contribution in [0.4, 0.5) is 4.79 Å². The Morgan fingerprint density at radius 1 is 1.23 bits per heavy atom. The van der Waals surface area contributed by atoms with Crippen molar-refractivity contribution in [2.45, 2.75) is 83.6 Å². The molecule has 0 spiro atoms. The van der Waals surface area contributed by atoms with Crippen LogP contribution < -0.4 is 5.32 Å².